The molecule has 0 aromatic carbocycles. The summed E-state index contributed by atoms with van der Waals surface area (Å²) in [7, 11) is 0. The fourth-order valence-electron chi connectivity index (χ4n) is 2.55. The van der Waals surface area contributed by atoms with E-state index >= 15 is 0 Å². The number of carbonyl (C=O) groups excluding carboxylic acids is 1. The number of aromatic amines is 1. The molecule has 1 aromatic heterocycles. The standard InChI is InChI=1S/C15H23NO3/c1-3-4-7-18-10-13-8-11(2)15(19-13)14-6-5-12(9-17)16-14/h5-6,9,11,13,15-16H,3-4,7-8,10H2,1-2H3/t11-,13-,15+/m0/s1. The topological polar surface area (TPSA) is 51.3 Å². The van der Waals surface area contributed by atoms with Crippen molar-refractivity contribution in [2.75, 3.05) is 13.2 Å². The first-order chi connectivity index (χ1) is 9.24. The molecular weight excluding hydrogens is 242 g/mol. The first-order valence-electron chi connectivity index (χ1n) is 7.12. The summed E-state index contributed by atoms with van der Waals surface area (Å²) >= 11 is 0. The van der Waals surface area contributed by atoms with E-state index in [0.29, 0.717) is 18.2 Å². The van der Waals surface area contributed by atoms with Crippen LogP contribution in [0, 0.1) is 5.92 Å². The summed E-state index contributed by atoms with van der Waals surface area (Å²) in [6, 6.07) is 3.73. The van der Waals surface area contributed by atoms with Crippen LogP contribution in [0.3, 0.4) is 0 Å². The molecule has 2 rings (SSSR count). The van der Waals surface area contributed by atoms with Crippen molar-refractivity contribution in [2.24, 2.45) is 5.92 Å². The molecule has 1 aliphatic heterocycles. The first-order valence-corrected chi connectivity index (χ1v) is 7.12. The number of ether oxygens (including phenoxy) is 2. The Morgan fingerprint density at radius 1 is 1.53 bits per heavy atom. The van der Waals surface area contributed by atoms with Crippen LogP contribution in [0.1, 0.15) is 55.4 Å². The lowest BCUT2D eigenvalue weighted by atomic mass is 10.00. The Kier molecular flexibility index (Phi) is 5.16. The number of nitrogens with one attached hydrogen (secondary N) is 1. The summed E-state index contributed by atoms with van der Waals surface area (Å²) in [6.45, 7) is 5.82. The van der Waals surface area contributed by atoms with Crippen LogP contribution in [0.4, 0.5) is 0 Å². The zero-order valence-corrected chi connectivity index (χ0v) is 11.7. The highest BCUT2D eigenvalue weighted by molar-refractivity contribution is 5.72. The lowest BCUT2D eigenvalue weighted by Crippen LogP contribution is -2.15. The Morgan fingerprint density at radius 2 is 2.37 bits per heavy atom. The van der Waals surface area contributed by atoms with Gasteiger partial charge in [-0.25, -0.2) is 0 Å². The van der Waals surface area contributed by atoms with Gasteiger partial charge in [-0.3, -0.25) is 4.79 Å². The molecule has 0 amide bonds. The largest absolute Gasteiger partial charge is 0.379 e. The highest BCUT2D eigenvalue weighted by atomic mass is 16.5. The van der Waals surface area contributed by atoms with Gasteiger partial charge in [0, 0.05) is 12.3 Å². The average Bonchev–Trinajstić information content (AvgIpc) is 3.01. The number of H-pyrrole nitrogens is 1. The quantitative estimate of drug-likeness (QED) is 0.609. The van der Waals surface area contributed by atoms with E-state index in [9.17, 15) is 4.79 Å². The molecule has 1 saturated heterocycles. The van der Waals surface area contributed by atoms with Crippen molar-refractivity contribution in [3.63, 3.8) is 0 Å². The summed E-state index contributed by atoms with van der Waals surface area (Å²) in [5.41, 5.74) is 1.60. The third kappa shape index (κ3) is 3.67. The predicted molar refractivity (Wildman–Crippen MR) is 73.3 cm³/mol. The Morgan fingerprint density at radius 3 is 3.05 bits per heavy atom. The molecule has 106 valence electrons. The minimum absolute atomic E-state index is 0.0495. The smallest absolute Gasteiger partial charge is 0.166 e. The van der Waals surface area contributed by atoms with Crippen molar-refractivity contribution in [1.29, 1.82) is 0 Å². The van der Waals surface area contributed by atoms with E-state index in [2.05, 4.69) is 18.8 Å². The van der Waals surface area contributed by atoms with E-state index in [4.69, 9.17) is 9.47 Å². The molecule has 19 heavy (non-hydrogen) atoms. The highest BCUT2D eigenvalue weighted by Gasteiger charge is 2.34. The Hall–Kier alpha value is -1.13. The SMILES string of the molecule is CCCCOC[C@@H]1C[C@H](C)[C@H](c2ccc(C=O)[nH]2)O1. The lowest BCUT2D eigenvalue weighted by molar-refractivity contribution is -0.0210. The van der Waals surface area contributed by atoms with Crippen molar-refractivity contribution in [2.45, 2.75) is 45.3 Å². The molecule has 0 bridgehead atoms. The summed E-state index contributed by atoms with van der Waals surface area (Å²) in [5.74, 6) is 0.443. The van der Waals surface area contributed by atoms with Gasteiger partial charge in [-0.05, 0) is 30.9 Å². The predicted octanol–water partition coefficient (Wildman–Crippen LogP) is 3.11. The van der Waals surface area contributed by atoms with Crippen LogP contribution in [0.25, 0.3) is 0 Å². The normalized spacial score (nSPS) is 26.7. The molecule has 4 heteroatoms. The van der Waals surface area contributed by atoms with Gasteiger partial charge < -0.3 is 14.5 Å². The van der Waals surface area contributed by atoms with Crippen molar-refractivity contribution in [3.8, 4) is 0 Å². The number of carbonyl (C=O) groups is 1. The van der Waals surface area contributed by atoms with Gasteiger partial charge in [-0.1, -0.05) is 20.3 Å². The van der Waals surface area contributed by atoms with E-state index in [0.717, 1.165) is 37.8 Å². The molecule has 1 N–H and O–H groups in total. The van der Waals surface area contributed by atoms with Gasteiger partial charge in [0.15, 0.2) is 6.29 Å². The van der Waals surface area contributed by atoms with Gasteiger partial charge in [0.2, 0.25) is 0 Å². The Labute approximate surface area is 114 Å². The molecule has 0 saturated carbocycles. The summed E-state index contributed by atoms with van der Waals surface area (Å²) < 4.78 is 11.7. The van der Waals surface area contributed by atoms with Crippen LogP contribution in [0.2, 0.25) is 0 Å². The van der Waals surface area contributed by atoms with E-state index in [-0.39, 0.29) is 12.2 Å². The van der Waals surface area contributed by atoms with Gasteiger partial charge >= 0.3 is 0 Å². The molecule has 1 aliphatic rings. The third-order valence-electron chi connectivity index (χ3n) is 3.60. The highest BCUT2D eigenvalue weighted by Crippen LogP contribution is 2.37. The molecule has 0 spiro atoms. The number of hydrogen-bond acceptors (Lipinski definition) is 3. The van der Waals surface area contributed by atoms with E-state index in [1.165, 1.54) is 0 Å². The molecule has 0 unspecified atom stereocenters. The molecule has 2 heterocycles. The first kappa shape index (κ1) is 14.3. The molecular formula is C15H23NO3. The summed E-state index contributed by atoms with van der Waals surface area (Å²) in [4.78, 5) is 13.8. The van der Waals surface area contributed by atoms with Gasteiger partial charge in [0.25, 0.3) is 0 Å². The number of aromatic nitrogens is 1. The average molecular weight is 265 g/mol. The number of hydrogen-bond donors (Lipinski definition) is 1. The minimum atomic E-state index is 0.0495. The second-order valence-electron chi connectivity index (χ2n) is 5.31. The number of rotatable bonds is 7. The third-order valence-corrected chi connectivity index (χ3v) is 3.60. The summed E-state index contributed by atoms with van der Waals surface area (Å²) in [6.07, 6.45) is 4.31. The zero-order valence-electron chi connectivity index (χ0n) is 11.7. The van der Waals surface area contributed by atoms with Crippen molar-refractivity contribution in [3.05, 3.63) is 23.5 Å². The van der Waals surface area contributed by atoms with E-state index in [1.54, 1.807) is 6.07 Å². The van der Waals surface area contributed by atoms with Crippen molar-refractivity contribution in [1.82, 2.24) is 4.98 Å². The minimum Gasteiger partial charge on any atom is -0.379 e. The Bertz CT molecular complexity index is 402. The second-order valence-corrected chi connectivity index (χ2v) is 5.31. The molecule has 3 atom stereocenters. The van der Waals surface area contributed by atoms with Gasteiger partial charge in [-0.2, -0.15) is 0 Å². The number of aldehydes is 1. The maximum Gasteiger partial charge on any atom is 0.166 e. The van der Waals surface area contributed by atoms with Crippen LogP contribution >= 0.6 is 0 Å². The second kappa shape index (κ2) is 6.87. The van der Waals surface area contributed by atoms with Crippen LogP contribution < -0.4 is 0 Å². The van der Waals surface area contributed by atoms with Crippen molar-refractivity contribution >= 4 is 6.29 Å². The molecule has 1 fully saturated rings. The van der Waals surface area contributed by atoms with Gasteiger partial charge in [0.05, 0.1) is 18.4 Å². The molecule has 0 radical (unpaired) electrons. The van der Waals surface area contributed by atoms with E-state index in [1.807, 2.05) is 6.07 Å². The molecule has 0 aliphatic carbocycles. The maximum atomic E-state index is 10.7. The van der Waals surface area contributed by atoms with Crippen LogP contribution in [0.5, 0.6) is 0 Å². The van der Waals surface area contributed by atoms with Crippen LogP contribution in [-0.4, -0.2) is 30.6 Å². The number of unbranched alkanes of at least 4 members (excludes halogenated alkanes) is 1. The fourth-order valence-corrected chi connectivity index (χ4v) is 2.55. The van der Waals surface area contributed by atoms with Crippen LogP contribution in [-0.2, 0) is 9.47 Å². The zero-order chi connectivity index (χ0) is 13.7. The van der Waals surface area contributed by atoms with Crippen LogP contribution in [0.15, 0.2) is 12.1 Å². The lowest BCUT2D eigenvalue weighted by Gasteiger charge is -2.14. The molecule has 1 aromatic rings. The maximum absolute atomic E-state index is 10.7. The van der Waals surface area contributed by atoms with Gasteiger partial charge in [0.1, 0.15) is 6.10 Å². The Balaban J connectivity index is 1.85. The fraction of sp³-hybridized carbons (Fsp3) is 0.667. The summed E-state index contributed by atoms with van der Waals surface area (Å²) in [5, 5.41) is 0. The van der Waals surface area contributed by atoms with E-state index < -0.39 is 0 Å². The van der Waals surface area contributed by atoms with Gasteiger partial charge in [-0.15, -0.1) is 0 Å². The van der Waals surface area contributed by atoms with Crippen molar-refractivity contribution < 1.29 is 14.3 Å². The molecule has 4 nitrogen and oxygen atoms in total. The monoisotopic (exact) mass is 265 g/mol.